The molecule has 1 atom stereocenters. The van der Waals surface area contributed by atoms with Gasteiger partial charge in [-0.25, -0.2) is 0 Å². The van der Waals surface area contributed by atoms with Gasteiger partial charge in [0.1, 0.15) is 12.9 Å². The van der Waals surface area contributed by atoms with Crippen LogP contribution in [0.5, 0.6) is 0 Å². The lowest BCUT2D eigenvalue weighted by molar-refractivity contribution is 0.0462. The van der Waals surface area contributed by atoms with Crippen LogP contribution >= 0.6 is 0 Å². The summed E-state index contributed by atoms with van der Waals surface area (Å²) in [4.78, 5) is -0.0754. The molecule has 1 aromatic carbocycles. The van der Waals surface area contributed by atoms with E-state index in [1.807, 2.05) is 6.92 Å². The quantitative estimate of drug-likeness (QED) is 0.816. The van der Waals surface area contributed by atoms with Gasteiger partial charge in [0.05, 0.1) is 11.5 Å². The third-order valence-corrected chi connectivity index (χ3v) is 3.90. The van der Waals surface area contributed by atoms with Crippen LogP contribution in [-0.4, -0.2) is 26.4 Å². The fraction of sp³-hybridized carbons (Fsp3) is 0.455. The van der Waals surface area contributed by atoms with Crippen molar-refractivity contribution in [2.24, 2.45) is 0 Å². The maximum Gasteiger partial charge on any atom is 0.294 e. The van der Waals surface area contributed by atoms with Crippen molar-refractivity contribution in [3.8, 4) is 0 Å². The second-order valence-corrected chi connectivity index (χ2v) is 5.43. The minimum absolute atomic E-state index is 0.0754. The number of hydrogen-bond donors (Lipinski definition) is 1. The molecule has 2 rings (SSSR count). The van der Waals surface area contributed by atoms with Gasteiger partial charge < -0.3 is 9.47 Å². The number of hydrogen-bond acceptors (Lipinski definition) is 4. The SMILES string of the molecule is Cc1ccc(S(=O)(=O)O)c(C)c1C1COCO1. The lowest BCUT2D eigenvalue weighted by atomic mass is 9.98. The normalized spacial score (nSPS) is 20.8. The van der Waals surface area contributed by atoms with E-state index in [1.54, 1.807) is 13.0 Å². The van der Waals surface area contributed by atoms with E-state index < -0.39 is 10.1 Å². The molecule has 1 heterocycles. The van der Waals surface area contributed by atoms with E-state index >= 15 is 0 Å². The fourth-order valence-electron chi connectivity index (χ4n) is 2.12. The van der Waals surface area contributed by atoms with Gasteiger partial charge >= 0.3 is 0 Å². The molecule has 0 saturated carbocycles. The Morgan fingerprint density at radius 2 is 2.06 bits per heavy atom. The Morgan fingerprint density at radius 3 is 2.59 bits per heavy atom. The molecular weight excluding hydrogens is 244 g/mol. The van der Waals surface area contributed by atoms with Gasteiger partial charge in [-0.05, 0) is 36.6 Å². The zero-order valence-electron chi connectivity index (χ0n) is 9.63. The average Bonchev–Trinajstić information content (AvgIpc) is 2.68. The first-order chi connectivity index (χ1) is 7.91. The van der Waals surface area contributed by atoms with Crippen LogP contribution in [0.3, 0.4) is 0 Å². The predicted octanol–water partition coefficient (Wildman–Crippen LogP) is 1.60. The Hall–Kier alpha value is -0.950. The molecule has 0 aliphatic carbocycles. The largest absolute Gasteiger partial charge is 0.352 e. The molecule has 1 aromatic rings. The topological polar surface area (TPSA) is 72.8 Å². The molecule has 1 fully saturated rings. The lowest BCUT2D eigenvalue weighted by Crippen LogP contribution is -2.10. The monoisotopic (exact) mass is 258 g/mol. The Kier molecular flexibility index (Phi) is 3.22. The van der Waals surface area contributed by atoms with Crippen molar-refractivity contribution in [2.75, 3.05) is 13.4 Å². The van der Waals surface area contributed by atoms with Gasteiger partial charge in [0, 0.05) is 0 Å². The maximum atomic E-state index is 11.2. The first-order valence-electron chi connectivity index (χ1n) is 5.18. The molecule has 5 nitrogen and oxygen atoms in total. The Balaban J connectivity index is 2.58. The summed E-state index contributed by atoms with van der Waals surface area (Å²) < 4.78 is 42.0. The minimum atomic E-state index is -4.20. The van der Waals surface area contributed by atoms with Crippen molar-refractivity contribution < 1.29 is 22.4 Å². The standard InChI is InChI=1S/C11H14O5S/c1-7-3-4-10(17(12,13)14)8(2)11(7)9-5-15-6-16-9/h3-4,9H,5-6H2,1-2H3,(H,12,13,14). The highest BCUT2D eigenvalue weighted by atomic mass is 32.2. The smallest absolute Gasteiger partial charge is 0.294 e. The first kappa shape index (κ1) is 12.5. The molecule has 1 unspecified atom stereocenters. The third-order valence-electron chi connectivity index (χ3n) is 2.90. The van der Waals surface area contributed by atoms with Crippen LogP contribution in [0.25, 0.3) is 0 Å². The molecule has 0 radical (unpaired) electrons. The molecule has 0 spiro atoms. The van der Waals surface area contributed by atoms with Crippen molar-refractivity contribution in [1.29, 1.82) is 0 Å². The van der Waals surface area contributed by atoms with Crippen LogP contribution in [0.2, 0.25) is 0 Å². The molecule has 0 bridgehead atoms. The van der Waals surface area contributed by atoms with E-state index in [9.17, 15) is 8.42 Å². The summed E-state index contributed by atoms with van der Waals surface area (Å²) in [6, 6.07) is 3.06. The molecule has 1 N–H and O–H groups in total. The number of rotatable bonds is 2. The highest BCUT2D eigenvalue weighted by molar-refractivity contribution is 7.85. The van der Waals surface area contributed by atoms with E-state index in [-0.39, 0.29) is 17.8 Å². The van der Waals surface area contributed by atoms with Crippen LogP contribution in [0, 0.1) is 13.8 Å². The molecule has 6 heteroatoms. The van der Waals surface area contributed by atoms with Gasteiger partial charge in [0.25, 0.3) is 10.1 Å². The molecule has 1 saturated heterocycles. The van der Waals surface area contributed by atoms with E-state index in [2.05, 4.69) is 0 Å². The van der Waals surface area contributed by atoms with Gasteiger partial charge in [-0.15, -0.1) is 0 Å². The van der Waals surface area contributed by atoms with Crippen LogP contribution in [0.4, 0.5) is 0 Å². The maximum absolute atomic E-state index is 11.2. The Labute approximate surface area is 100 Å². The van der Waals surface area contributed by atoms with E-state index in [0.717, 1.165) is 11.1 Å². The average molecular weight is 258 g/mol. The molecular formula is C11H14O5S. The van der Waals surface area contributed by atoms with Gasteiger partial charge in [-0.3, -0.25) is 4.55 Å². The predicted molar refractivity (Wildman–Crippen MR) is 60.4 cm³/mol. The Morgan fingerprint density at radius 1 is 1.35 bits per heavy atom. The van der Waals surface area contributed by atoms with E-state index in [0.29, 0.717) is 12.2 Å². The summed E-state index contributed by atoms with van der Waals surface area (Å²) in [6.45, 7) is 4.14. The van der Waals surface area contributed by atoms with E-state index in [4.69, 9.17) is 14.0 Å². The van der Waals surface area contributed by atoms with Gasteiger partial charge in [0.15, 0.2) is 0 Å². The second kappa shape index (κ2) is 4.38. The molecule has 1 aliphatic heterocycles. The van der Waals surface area contributed by atoms with Crippen molar-refractivity contribution in [1.82, 2.24) is 0 Å². The number of benzene rings is 1. The number of aryl methyl sites for hydroxylation is 1. The zero-order valence-corrected chi connectivity index (χ0v) is 10.5. The first-order valence-corrected chi connectivity index (χ1v) is 6.62. The van der Waals surface area contributed by atoms with Crippen molar-refractivity contribution >= 4 is 10.1 Å². The van der Waals surface area contributed by atoms with Crippen LogP contribution in [0.1, 0.15) is 22.8 Å². The van der Waals surface area contributed by atoms with Crippen molar-refractivity contribution in [2.45, 2.75) is 24.8 Å². The molecule has 0 amide bonds. The summed E-state index contributed by atoms with van der Waals surface area (Å²) in [5, 5.41) is 0. The second-order valence-electron chi connectivity index (χ2n) is 4.04. The molecule has 17 heavy (non-hydrogen) atoms. The van der Waals surface area contributed by atoms with Crippen LogP contribution in [0.15, 0.2) is 17.0 Å². The van der Waals surface area contributed by atoms with Gasteiger partial charge in [-0.1, -0.05) is 6.07 Å². The summed E-state index contributed by atoms with van der Waals surface area (Å²) in [5.41, 5.74) is 2.21. The Bertz CT molecular complexity index is 529. The summed E-state index contributed by atoms with van der Waals surface area (Å²) in [6.07, 6.45) is -0.267. The number of ether oxygens (including phenoxy) is 2. The minimum Gasteiger partial charge on any atom is -0.352 e. The summed E-state index contributed by atoms with van der Waals surface area (Å²) in [7, 11) is -4.20. The van der Waals surface area contributed by atoms with Gasteiger partial charge in [-0.2, -0.15) is 8.42 Å². The molecule has 0 aromatic heterocycles. The lowest BCUT2D eigenvalue weighted by Gasteiger charge is -2.16. The van der Waals surface area contributed by atoms with Crippen LogP contribution < -0.4 is 0 Å². The third kappa shape index (κ3) is 2.35. The highest BCUT2D eigenvalue weighted by Crippen LogP contribution is 2.31. The van der Waals surface area contributed by atoms with E-state index in [1.165, 1.54) is 6.07 Å². The van der Waals surface area contributed by atoms with Gasteiger partial charge in [0.2, 0.25) is 0 Å². The fourth-order valence-corrected chi connectivity index (χ4v) is 2.86. The summed E-state index contributed by atoms with van der Waals surface area (Å²) >= 11 is 0. The van der Waals surface area contributed by atoms with Crippen molar-refractivity contribution in [3.63, 3.8) is 0 Å². The zero-order chi connectivity index (χ0) is 12.6. The van der Waals surface area contributed by atoms with Crippen molar-refractivity contribution in [3.05, 3.63) is 28.8 Å². The molecule has 94 valence electrons. The summed E-state index contributed by atoms with van der Waals surface area (Å²) in [5.74, 6) is 0. The van der Waals surface area contributed by atoms with Crippen LogP contribution in [-0.2, 0) is 19.6 Å². The molecule has 1 aliphatic rings. The highest BCUT2D eigenvalue weighted by Gasteiger charge is 2.25.